The molecule has 1 N–H and O–H groups in total. The van der Waals surface area contributed by atoms with Gasteiger partial charge in [-0.05, 0) is 43.4 Å². The largest absolute Gasteiger partial charge is 0.331 e. The summed E-state index contributed by atoms with van der Waals surface area (Å²) in [7, 11) is 0. The molecule has 1 aromatic carbocycles. The van der Waals surface area contributed by atoms with Crippen LogP contribution in [0.4, 0.5) is 9.18 Å². The number of likely N-dealkylation sites (tertiary alicyclic amines) is 1. The third-order valence-electron chi connectivity index (χ3n) is 3.92. The Kier molecular flexibility index (Phi) is 5.33. The number of carbonyl (C=O) groups excluding carboxylic acids is 1. The van der Waals surface area contributed by atoms with Crippen molar-refractivity contribution in [3.63, 3.8) is 0 Å². The first-order valence-electron chi connectivity index (χ1n) is 7.08. The molecule has 0 saturated carbocycles. The maximum Gasteiger partial charge on any atom is 0.317 e. The van der Waals surface area contributed by atoms with Crippen LogP contribution < -0.4 is 5.32 Å². The molecule has 6 heteroatoms. The Balaban J connectivity index is 2.02. The van der Waals surface area contributed by atoms with E-state index < -0.39 is 5.82 Å². The molecule has 1 heterocycles. The van der Waals surface area contributed by atoms with Gasteiger partial charge in [0.05, 0.1) is 11.1 Å². The lowest BCUT2D eigenvalue weighted by Crippen LogP contribution is -2.44. The number of carbonyl (C=O) groups is 1. The second-order valence-corrected chi connectivity index (χ2v) is 6.44. The summed E-state index contributed by atoms with van der Waals surface area (Å²) in [6.45, 7) is 5.47. The molecule has 1 saturated heterocycles. The minimum atomic E-state index is -0.538. The molecule has 1 fully saturated rings. The Morgan fingerprint density at radius 2 is 1.95 bits per heavy atom. The summed E-state index contributed by atoms with van der Waals surface area (Å²) in [4.78, 5) is 14.0. The van der Waals surface area contributed by atoms with Crippen molar-refractivity contribution in [1.29, 1.82) is 0 Å². The zero-order chi connectivity index (χ0) is 15.6. The van der Waals surface area contributed by atoms with Crippen LogP contribution in [-0.4, -0.2) is 24.0 Å². The van der Waals surface area contributed by atoms with Crippen LogP contribution in [0.2, 0.25) is 10.0 Å². The number of nitrogens with one attached hydrogen (secondary N) is 1. The van der Waals surface area contributed by atoms with Gasteiger partial charge in [0.1, 0.15) is 5.82 Å². The molecule has 2 amide bonds. The van der Waals surface area contributed by atoms with Crippen molar-refractivity contribution in [1.82, 2.24) is 10.2 Å². The number of halogens is 3. The molecule has 0 aromatic heterocycles. The van der Waals surface area contributed by atoms with E-state index in [4.69, 9.17) is 23.2 Å². The Hall–Kier alpha value is -1.00. The van der Waals surface area contributed by atoms with Crippen molar-refractivity contribution in [3.8, 4) is 0 Å². The molecule has 116 valence electrons. The lowest BCUT2D eigenvalue weighted by molar-refractivity contribution is 0.171. The molecule has 1 aromatic rings. The highest BCUT2D eigenvalue weighted by Gasteiger charge is 2.22. The Bertz CT molecular complexity index is 531. The summed E-state index contributed by atoms with van der Waals surface area (Å²) in [6, 6.07) is 2.12. The van der Waals surface area contributed by atoms with Crippen molar-refractivity contribution in [2.45, 2.75) is 32.7 Å². The third-order valence-corrected chi connectivity index (χ3v) is 4.53. The second kappa shape index (κ2) is 6.84. The number of nitrogens with zero attached hydrogens (tertiary/aromatic N) is 1. The highest BCUT2D eigenvalue weighted by atomic mass is 35.5. The summed E-state index contributed by atoms with van der Waals surface area (Å²) < 4.78 is 13.5. The molecule has 21 heavy (non-hydrogen) atoms. The Morgan fingerprint density at radius 1 is 1.33 bits per heavy atom. The predicted octanol–water partition coefficient (Wildman–Crippen LogP) is 4.64. The fraction of sp³-hybridized carbons (Fsp3) is 0.533. The van der Waals surface area contributed by atoms with Crippen molar-refractivity contribution in [2.24, 2.45) is 5.92 Å². The van der Waals surface area contributed by atoms with Crippen molar-refractivity contribution in [2.75, 3.05) is 13.1 Å². The molecule has 3 nitrogen and oxygen atoms in total. The highest BCUT2D eigenvalue weighted by Crippen LogP contribution is 2.28. The minimum Gasteiger partial charge on any atom is -0.331 e. The van der Waals surface area contributed by atoms with Crippen LogP contribution in [-0.2, 0) is 0 Å². The average Bonchev–Trinajstić information content (AvgIpc) is 2.43. The van der Waals surface area contributed by atoms with E-state index in [1.165, 1.54) is 12.1 Å². The lowest BCUT2D eigenvalue weighted by atomic mass is 9.99. The first kappa shape index (κ1) is 16.4. The highest BCUT2D eigenvalue weighted by molar-refractivity contribution is 6.35. The van der Waals surface area contributed by atoms with Gasteiger partial charge in [-0.25, -0.2) is 9.18 Å². The summed E-state index contributed by atoms with van der Waals surface area (Å²) in [5, 5.41) is 3.19. The molecule has 1 aliphatic heterocycles. The van der Waals surface area contributed by atoms with Gasteiger partial charge in [0, 0.05) is 18.1 Å². The van der Waals surface area contributed by atoms with E-state index in [1.807, 2.05) is 0 Å². The van der Waals surface area contributed by atoms with Gasteiger partial charge in [0.25, 0.3) is 0 Å². The molecule has 1 unspecified atom stereocenters. The molecule has 0 spiro atoms. The topological polar surface area (TPSA) is 32.3 Å². The van der Waals surface area contributed by atoms with E-state index in [0.29, 0.717) is 16.5 Å². The van der Waals surface area contributed by atoms with Gasteiger partial charge in [-0.2, -0.15) is 0 Å². The van der Waals surface area contributed by atoms with Crippen LogP contribution in [0, 0.1) is 11.7 Å². The molecular weight excluding hydrogens is 314 g/mol. The molecule has 1 aliphatic rings. The van der Waals surface area contributed by atoms with Crippen LogP contribution in [0.25, 0.3) is 0 Å². The fourth-order valence-corrected chi connectivity index (χ4v) is 2.98. The number of urea groups is 1. The summed E-state index contributed by atoms with van der Waals surface area (Å²) in [6.07, 6.45) is 2.02. The molecule has 0 bridgehead atoms. The smallest absolute Gasteiger partial charge is 0.317 e. The maximum absolute atomic E-state index is 13.5. The van der Waals surface area contributed by atoms with Crippen molar-refractivity contribution >= 4 is 29.2 Å². The van der Waals surface area contributed by atoms with Crippen molar-refractivity contribution < 1.29 is 9.18 Å². The third kappa shape index (κ3) is 4.01. The first-order valence-corrected chi connectivity index (χ1v) is 7.84. The Labute approximate surface area is 134 Å². The van der Waals surface area contributed by atoms with Gasteiger partial charge in [-0.1, -0.05) is 30.1 Å². The van der Waals surface area contributed by atoms with Crippen LogP contribution in [0.1, 0.15) is 38.3 Å². The molecule has 0 aliphatic carbocycles. The normalized spacial score (nSPS) is 17.7. The van der Waals surface area contributed by atoms with Gasteiger partial charge in [0.15, 0.2) is 0 Å². The van der Waals surface area contributed by atoms with Gasteiger partial charge in [-0.15, -0.1) is 0 Å². The van der Waals surface area contributed by atoms with Crippen LogP contribution >= 0.6 is 23.2 Å². The lowest BCUT2D eigenvalue weighted by Gasteiger charge is -2.31. The number of benzene rings is 1. The number of hydrogen-bond donors (Lipinski definition) is 1. The number of hydrogen-bond acceptors (Lipinski definition) is 1. The summed E-state index contributed by atoms with van der Waals surface area (Å²) in [5.41, 5.74) is 0.525. The minimum absolute atomic E-state index is 0.0210. The van der Waals surface area contributed by atoms with E-state index in [1.54, 1.807) is 11.8 Å². The predicted molar refractivity (Wildman–Crippen MR) is 83.3 cm³/mol. The molecular formula is C15H19Cl2FN2O. The van der Waals surface area contributed by atoms with Gasteiger partial charge in [-0.3, -0.25) is 0 Å². The fourth-order valence-electron chi connectivity index (χ4n) is 2.44. The second-order valence-electron chi connectivity index (χ2n) is 5.63. The maximum atomic E-state index is 13.5. The van der Waals surface area contributed by atoms with Crippen molar-refractivity contribution in [3.05, 3.63) is 33.6 Å². The Morgan fingerprint density at radius 3 is 2.57 bits per heavy atom. The summed E-state index contributed by atoms with van der Waals surface area (Å²) in [5.74, 6) is 0.121. The number of rotatable bonds is 2. The monoisotopic (exact) mass is 332 g/mol. The average molecular weight is 333 g/mol. The molecule has 0 radical (unpaired) electrons. The van der Waals surface area contributed by atoms with Gasteiger partial charge in [0.2, 0.25) is 0 Å². The number of piperidine rings is 1. The standard InChI is InChI=1S/C15H19Cl2FN2O/c1-9-3-5-20(6-4-9)15(21)19-10(2)11-7-14(18)13(17)8-12(11)16/h7-10H,3-6H2,1-2H3,(H,19,21). The van der Waals surface area contributed by atoms with E-state index >= 15 is 0 Å². The van der Waals surface area contributed by atoms with Gasteiger partial charge >= 0.3 is 6.03 Å². The SMILES string of the molecule is CC1CCN(C(=O)NC(C)c2cc(F)c(Cl)cc2Cl)CC1. The quantitative estimate of drug-likeness (QED) is 0.786. The summed E-state index contributed by atoms with van der Waals surface area (Å²) >= 11 is 11.7. The molecule has 2 rings (SSSR count). The zero-order valence-corrected chi connectivity index (χ0v) is 13.6. The first-order chi connectivity index (χ1) is 9.88. The van der Waals surface area contributed by atoms with Gasteiger partial charge < -0.3 is 10.2 Å². The van der Waals surface area contributed by atoms with Crippen LogP contribution in [0.3, 0.4) is 0 Å². The van der Waals surface area contributed by atoms with Crippen LogP contribution in [0.5, 0.6) is 0 Å². The van der Waals surface area contributed by atoms with E-state index in [-0.39, 0.29) is 17.1 Å². The van der Waals surface area contributed by atoms with Crippen LogP contribution in [0.15, 0.2) is 12.1 Å². The number of amides is 2. The van der Waals surface area contributed by atoms with E-state index in [2.05, 4.69) is 12.2 Å². The molecule has 1 atom stereocenters. The van der Waals surface area contributed by atoms with E-state index in [0.717, 1.165) is 25.9 Å². The van der Waals surface area contributed by atoms with E-state index in [9.17, 15) is 9.18 Å². The zero-order valence-electron chi connectivity index (χ0n) is 12.1.